The molecule has 0 rings (SSSR count). The number of nitrogens with one attached hydrogen (secondary N) is 1. The van der Waals surface area contributed by atoms with Gasteiger partial charge in [0.2, 0.25) is 0 Å². The SMILES string of the molecule is CCO[Si](CCCCCCCCCCCOC(=O)NCCOCC(C)OCC(C)OC(C)=O)(OCC)OCC. The Morgan fingerprint density at radius 1 is 0.718 bits per heavy atom. The van der Waals surface area contributed by atoms with Gasteiger partial charge >= 0.3 is 20.9 Å². The van der Waals surface area contributed by atoms with Crippen molar-refractivity contribution in [1.82, 2.24) is 5.32 Å². The molecule has 1 amide bonds. The number of amides is 1. The molecule has 0 fully saturated rings. The molecule has 0 saturated heterocycles. The number of carbonyl (C=O) groups is 2. The number of carbonyl (C=O) groups excluding carboxylic acids is 2. The monoisotopic (exact) mass is 579 g/mol. The number of alkyl carbamates (subject to hydrolysis) is 1. The molecule has 11 heteroatoms. The first kappa shape index (κ1) is 37.8. The lowest BCUT2D eigenvalue weighted by molar-refractivity contribution is -0.149. The van der Waals surface area contributed by atoms with E-state index in [0.29, 0.717) is 52.8 Å². The van der Waals surface area contributed by atoms with Gasteiger partial charge in [0.15, 0.2) is 0 Å². The lowest BCUT2D eigenvalue weighted by Gasteiger charge is -2.28. The molecule has 0 aromatic heterocycles. The predicted molar refractivity (Wildman–Crippen MR) is 154 cm³/mol. The van der Waals surface area contributed by atoms with Gasteiger partial charge in [0.25, 0.3) is 0 Å². The van der Waals surface area contributed by atoms with E-state index in [4.69, 9.17) is 32.2 Å². The van der Waals surface area contributed by atoms with Crippen LogP contribution in [0.15, 0.2) is 0 Å². The summed E-state index contributed by atoms with van der Waals surface area (Å²) in [6, 6.07) is 0.900. The maximum absolute atomic E-state index is 11.8. The van der Waals surface area contributed by atoms with Gasteiger partial charge in [-0.2, -0.15) is 0 Å². The first-order chi connectivity index (χ1) is 18.8. The van der Waals surface area contributed by atoms with Crippen LogP contribution in [-0.2, 0) is 37.0 Å². The first-order valence-electron chi connectivity index (χ1n) is 15.0. The summed E-state index contributed by atoms with van der Waals surface area (Å²) in [5.41, 5.74) is 0. The van der Waals surface area contributed by atoms with Gasteiger partial charge in [-0.05, 0) is 47.5 Å². The van der Waals surface area contributed by atoms with Crippen molar-refractivity contribution in [1.29, 1.82) is 0 Å². The third-order valence-corrected chi connectivity index (χ3v) is 8.96. The fourth-order valence-electron chi connectivity index (χ4n) is 4.04. The molecule has 0 aliphatic rings. The molecule has 0 aliphatic heterocycles. The van der Waals surface area contributed by atoms with Gasteiger partial charge in [-0.1, -0.05) is 44.9 Å². The molecule has 0 aliphatic carbocycles. The van der Waals surface area contributed by atoms with Crippen molar-refractivity contribution < 1.29 is 41.8 Å². The fraction of sp³-hybridized carbons (Fsp3) is 0.929. The maximum Gasteiger partial charge on any atom is 0.500 e. The van der Waals surface area contributed by atoms with Crippen LogP contribution in [0.1, 0.15) is 99.3 Å². The summed E-state index contributed by atoms with van der Waals surface area (Å²) in [7, 11) is -2.49. The summed E-state index contributed by atoms with van der Waals surface area (Å²) < 4.78 is 39.0. The highest BCUT2D eigenvalue weighted by molar-refractivity contribution is 6.60. The fourth-order valence-corrected chi connectivity index (χ4v) is 6.72. The van der Waals surface area contributed by atoms with Gasteiger partial charge in [0.1, 0.15) is 6.10 Å². The van der Waals surface area contributed by atoms with E-state index in [1.165, 1.54) is 39.0 Å². The van der Waals surface area contributed by atoms with Crippen molar-refractivity contribution >= 4 is 20.9 Å². The quantitative estimate of drug-likeness (QED) is 0.0750. The zero-order valence-corrected chi connectivity index (χ0v) is 26.6. The van der Waals surface area contributed by atoms with Crippen LogP contribution in [0, 0.1) is 0 Å². The smallest absolute Gasteiger partial charge is 0.460 e. The topological polar surface area (TPSA) is 111 Å². The minimum absolute atomic E-state index is 0.135. The van der Waals surface area contributed by atoms with Crippen molar-refractivity contribution in [2.24, 2.45) is 0 Å². The van der Waals surface area contributed by atoms with Crippen LogP contribution in [0.3, 0.4) is 0 Å². The molecule has 0 saturated carbocycles. The summed E-state index contributed by atoms with van der Waals surface area (Å²) in [5, 5.41) is 2.69. The zero-order valence-electron chi connectivity index (χ0n) is 25.6. The molecule has 232 valence electrons. The molecule has 0 aromatic rings. The summed E-state index contributed by atoms with van der Waals surface area (Å²) in [6.45, 7) is 14.8. The number of unbranched alkanes of at least 4 members (excludes halogenated alkanes) is 8. The van der Waals surface area contributed by atoms with E-state index in [-0.39, 0.29) is 18.2 Å². The summed E-state index contributed by atoms with van der Waals surface area (Å²) in [5.74, 6) is -0.325. The predicted octanol–water partition coefficient (Wildman–Crippen LogP) is 5.65. The van der Waals surface area contributed by atoms with Crippen LogP contribution < -0.4 is 5.32 Å². The second-order valence-electron chi connectivity index (χ2n) is 9.62. The normalized spacial score (nSPS) is 13.2. The van der Waals surface area contributed by atoms with Crippen LogP contribution in [0.25, 0.3) is 0 Å². The molecule has 0 aromatic carbocycles. The number of hydrogen-bond acceptors (Lipinski definition) is 9. The standard InChI is InChI=1S/C28H57NO9Si/c1-7-35-39(36-8-2,37-9-3)22-18-16-14-12-10-11-13-15-17-20-33-28(31)29-19-21-32-23-25(4)34-24-26(5)38-27(6)30/h25-26H,7-24H2,1-6H3,(H,29,31). The molecular formula is C28H57NO9Si. The van der Waals surface area contributed by atoms with Crippen LogP contribution in [-0.4, -0.2) is 85.9 Å². The number of hydrogen-bond donors (Lipinski definition) is 1. The van der Waals surface area contributed by atoms with E-state index in [1.54, 1.807) is 6.92 Å². The second-order valence-corrected chi connectivity index (χ2v) is 12.3. The summed E-state index contributed by atoms with van der Waals surface area (Å²) in [6.07, 6.45) is 9.45. The maximum atomic E-state index is 11.8. The van der Waals surface area contributed by atoms with Gasteiger partial charge in [-0.15, -0.1) is 0 Å². The molecule has 2 atom stereocenters. The van der Waals surface area contributed by atoms with Crippen molar-refractivity contribution in [3.8, 4) is 0 Å². The van der Waals surface area contributed by atoms with E-state index in [9.17, 15) is 9.59 Å². The Morgan fingerprint density at radius 2 is 1.26 bits per heavy atom. The van der Waals surface area contributed by atoms with Gasteiger partial charge in [-0.3, -0.25) is 4.79 Å². The van der Waals surface area contributed by atoms with E-state index in [1.807, 2.05) is 27.7 Å². The molecule has 0 radical (unpaired) electrons. The van der Waals surface area contributed by atoms with Crippen molar-refractivity contribution in [3.05, 3.63) is 0 Å². The van der Waals surface area contributed by atoms with Crippen LogP contribution in [0.4, 0.5) is 4.79 Å². The molecule has 0 heterocycles. The van der Waals surface area contributed by atoms with Crippen molar-refractivity contribution in [2.75, 3.05) is 52.8 Å². The molecule has 0 bridgehead atoms. The van der Waals surface area contributed by atoms with Crippen LogP contribution >= 0.6 is 0 Å². The van der Waals surface area contributed by atoms with E-state index < -0.39 is 14.9 Å². The molecular weight excluding hydrogens is 522 g/mol. The lowest BCUT2D eigenvalue weighted by Crippen LogP contribution is -2.45. The zero-order chi connectivity index (χ0) is 29.2. The van der Waals surface area contributed by atoms with Gasteiger partial charge < -0.3 is 37.5 Å². The Balaban J connectivity index is 3.57. The van der Waals surface area contributed by atoms with E-state index >= 15 is 0 Å². The van der Waals surface area contributed by atoms with Gasteiger partial charge in [-0.25, -0.2) is 4.79 Å². The Bertz CT molecular complexity index is 580. The summed E-state index contributed by atoms with van der Waals surface area (Å²) >= 11 is 0. The molecule has 10 nitrogen and oxygen atoms in total. The lowest BCUT2D eigenvalue weighted by atomic mass is 10.1. The van der Waals surface area contributed by atoms with Gasteiger partial charge in [0.05, 0.1) is 32.5 Å². The molecule has 1 N–H and O–H groups in total. The van der Waals surface area contributed by atoms with E-state index in [0.717, 1.165) is 31.7 Å². The Labute approximate surface area is 238 Å². The number of esters is 1. The third kappa shape index (κ3) is 23.2. The molecule has 2 unspecified atom stereocenters. The van der Waals surface area contributed by atoms with Crippen LogP contribution in [0.5, 0.6) is 0 Å². The third-order valence-electron chi connectivity index (χ3n) is 5.80. The van der Waals surface area contributed by atoms with Gasteiger partial charge in [0, 0.05) is 39.3 Å². The van der Waals surface area contributed by atoms with Crippen molar-refractivity contribution in [3.63, 3.8) is 0 Å². The highest BCUT2D eigenvalue weighted by Gasteiger charge is 2.39. The highest BCUT2D eigenvalue weighted by Crippen LogP contribution is 2.21. The van der Waals surface area contributed by atoms with Crippen molar-refractivity contribution in [2.45, 2.75) is 118 Å². The second kappa shape index (κ2) is 25.7. The first-order valence-corrected chi connectivity index (χ1v) is 16.9. The van der Waals surface area contributed by atoms with Crippen LogP contribution in [0.2, 0.25) is 6.04 Å². The minimum atomic E-state index is -2.49. The highest BCUT2D eigenvalue weighted by atomic mass is 28.4. The Kier molecular flexibility index (Phi) is 24.9. The average molecular weight is 580 g/mol. The number of ether oxygens (including phenoxy) is 4. The molecule has 0 spiro atoms. The minimum Gasteiger partial charge on any atom is -0.460 e. The summed E-state index contributed by atoms with van der Waals surface area (Å²) in [4.78, 5) is 22.6. The Hall–Kier alpha value is -1.24. The molecule has 39 heavy (non-hydrogen) atoms. The largest absolute Gasteiger partial charge is 0.500 e. The Morgan fingerprint density at radius 3 is 1.79 bits per heavy atom. The average Bonchev–Trinajstić information content (AvgIpc) is 2.88. The number of rotatable bonds is 27. The van der Waals surface area contributed by atoms with E-state index in [2.05, 4.69) is 5.32 Å².